The SMILES string of the molecule is CCc1nsc(N2CCCC[C@H]2c2n[nH]c(C)n2)n1. The van der Waals surface area contributed by atoms with Gasteiger partial charge < -0.3 is 4.90 Å². The minimum atomic E-state index is 0.233. The molecule has 0 aromatic carbocycles. The van der Waals surface area contributed by atoms with Crippen LogP contribution in [0.2, 0.25) is 0 Å². The zero-order chi connectivity index (χ0) is 13.2. The van der Waals surface area contributed by atoms with Crippen LogP contribution in [0.15, 0.2) is 0 Å². The highest BCUT2D eigenvalue weighted by molar-refractivity contribution is 7.09. The second-order valence-electron chi connectivity index (χ2n) is 4.83. The van der Waals surface area contributed by atoms with Gasteiger partial charge >= 0.3 is 0 Å². The molecule has 1 saturated heterocycles. The van der Waals surface area contributed by atoms with Crippen LogP contribution in [0.1, 0.15) is 49.7 Å². The van der Waals surface area contributed by atoms with Crippen molar-refractivity contribution in [3.05, 3.63) is 17.5 Å². The molecule has 1 atom stereocenters. The number of rotatable bonds is 3. The number of aryl methyl sites for hydroxylation is 2. The molecular formula is C12H18N6S. The van der Waals surface area contributed by atoms with Gasteiger partial charge in [-0.3, -0.25) is 5.10 Å². The minimum absolute atomic E-state index is 0.233. The summed E-state index contributed by atoms with van der Waals surface area (Å²) in [4.78, 5) is 11.4. The maximum Gasteiger partial charge on any atom is 0.205 e. The lowest BCUT2D eigenvalue weighted by Crippen LogP contribution is -2.34. The van der Waals surface area contributed by atoms with Crippen molar-refractivity contribution in [1.82, 2.24) is 24.5 Å². The first-order valence-electron chi connectivity index (χ1n) is 6.76. The number of piperidine rings is 1. The van der Waals surface area contributed by atoms with Crippen molar-refractivity contribution >= 4 is 16.7 Å². The third kappa shape index (κ3) is 2.47. The van der Waals surface area contributed by atoms with Gasteiger partial charge in [0.2, 0.25) is 5.13 Å². The fourth-order valence-corrected chi connectivity index (χ4v) is 3.27. The highest BCUT2D eigenvalue weighted by atomic mass is 32.1. The zero-order valence-electron chi connectivity index (χ0n) is 11.3. The smallest absolute Gasteiger partial charge is 0.205 e. The standard InChI is InChI=1S/C12H18N6S/c1-3-10-14-12(19-17-10)18-7-5-4-6-9(18)11-13-8(2)15-16-11/h9H,3-7H2,1-2H3,(H,13,15,16)/t9-/m0/s1. The predicted molar refractivity (Wildman–Crippen MR) is 74.3 cm³/mol. The van der Waals surface area contributed by atoms with Crippen LogP contribution in [0.25, 0.3) is 0 Å². The molecule has 3 heterocycles. The van der Waals surface area contributed by atoms with Crippen LogP contribution in [0.4, 0.5) is 5.13 Å². The van der Waals surface area contributed by atoms with Gasteiger partial charge in [-0.2, -0.15) is 9.47 Å². The summed E-state index contributed by atoms with van der Waals surface area (Å²) in [5.41, 5.74) is 0. The first-order valence-corrected chi connectivity index (χ1v) is 7.53. The third-order valence-electron chi connectivity index (χ3n) is 3.43. The predicted octanol–water partition coefficient (Wildman–Crippen LogP) is 2.26. The zero-order valence-corrected chi connectivity index (χ0v) is 12.1. The molecule has 2 aromatic rings. The molecule has 7 heteroatoms. The topological polar surface area (TPSA) is 70.6 Å². The van der Waals surface area contributed by atoms with Gasteiger partial charge in [0.25, 0.3) is 0 Å². The van der Waals surface area contributed by atoms with Crippen LogP contribution < -0.4 is 4.90 Å². The Kier molecular flexibility index (Phi) is 3.46. The monoisotopic (exact) mass is 278 g/mol. The van der Waals surface area contributed by atoms with E-state index in [0.29, 0.717) is 0 Å². The number of hydrogen-bond acceptors (Lipinski definition) is 6. The largest absolute Gasteiger partial charge is 0.337 e. The number of H-pyrrole nitrogens is 1. The van der Waals surface area contributed by atoms with Gasteiger partial charge in [0, 0.05) is 24.5 Å². The lowest BCUT2D eigenvalue weighted by atomic mass is 10.0. The first kappa shape index (κ1) is 12.5. The highest BCUT2D eigenvalue weighted by Crippen LogP contribution is 2.34. The van der Waals surface area contributed by atoms with Crippen molar-refractivity contribution in [2.45, 2.75) is 45.6 Å². The minimum Gasteiger partial charge on any atom is -0.337 e. The van der Waals surface area contributed by atoms with Crippen LogP contribution in [0.5, 0.6) is 0 Å². The van der Waals surface area contributed by atoms with Crippen molar-refractivity contribution in [3.8, 4) is 0 Å². The summed E-state index contributed by atoms with van der Waals surface area (Å²) < 4.78 is 4.38. The van der Waals surface area contributed by atoms with Crippen LogP contribution in [0, 0.1) is 6.92 Å². The molecule has 0 bridgehead atoms. The van der Waals surface area contributed by atoms with Gasteiger partial charge in [-0.15, -0.1) is 0 Å². The Morgan fingerprint density at radius 2 is 2.26 bits per heavy atom. The van der Waals surface area contributed by atoms with Crippen molar-refractivity contribution in [2.75, 3.05) is 11.4 Å². The number of anilines is 1. The lowest BCUT2D eigenvalue weighted by Gasteiger charge is -2.33. The summed E-state index contributed by atoms with van der Waals surface area (Å²) in [5, 5.41) is 8.26. The maximum atomic E-state index is 4.60. The van der Waals surface area contributed by atoms with Gasteiger partial charge in [0.05, 0.1) is 6.04 Å². The van der Waals surface area contributed by atoms with E-state index < -0.39 is 0 Å². The Hall–Kier alpha value is -1.50. The molecule has 0 unspecified atom stereocenters. The molecule has 6 nitrogen and oxygen atoms in total. The maximum absolute atomic E-state index is 4.60. The van der Waals surface area contributed by atoms with E-state index in [9.17, 15) is 0 Å². The molecule has 0 radical (unpaired) electrons. The summed E-state index contributed by atoms with van der Waals surface area (Å²) >= 11 is 1.48. The summed E-state index contributed by atoms with van der Waals surface area (Å²) in [6.07, 6.45) is 4.38. The van der Waals surface area contributed by atoms with Crippen molar-refractivity contribution in [2.24, 2.45) is 0 Å². The van der Waals surface area contributed by atoms with Crippen LogP contribution in [-0.2, 0) is 6.42 Å². The molecular weight excluding hydrogens is 260 g/mol. The van der Waals surface area contributed by atoms with Crippen LogP contribution in [0.3, 0.4) is 0 Å². The lowest BCUT2D eigenvalue weighted by molar-refractivity contribution is 0.456. The van der Waals surface area contributed by atoms with Gasteiger partial charge in [-0.05, 0) is 26.2 Å². The van der Waals surface area contributed by atoms with Crippen molar-refractivity contribution < 1.29 is 0 Å². The Balaban J connectivity index is 1.88. The van der Waals surface area contributed by atoms with Crippen molar-refractivity contribution in [1.29, 1.82) is 0 Å². The Morgan fingerprint density at radius 1 is 1.37 bits per heavy atom. The average Bonchev–Trinajstić information content (AvgIpc) is 3.07. The molecule has 2 aromatic heterocycles. The Morgan fingerprint density at radius 3 is 2.95 bits per heavy atom. The van der Waals surface area contributed by atoms with Gasteiger partial charge in [0.1, 0.15) is 11.6 Å². The first-order chi connectivity index (χ1) is 9.28. The molecule has 1 aliphatic heterocycles. The molecule has 0 amide bonds. The van der Waals surface area contributed by atoms with Gasteiger partial charge in [-0.25, -0.2) is 9.97 Å². The summed E-state index contributed by atoms with van der Waals surface area (Å²) in [7, 11) is 0. The van der Waals surface area contributed by atoms with Crippen LogP contribution in [-0.4, -0.2) is 31.1 Å². The second-order valence-corrected chi connectivity index (χ2v) is 5.56. The van der Waals surface area contributed by atoms with E-state index in [1.54, 1.807) is 0 Å². The number of nitrogens with zero attached hydrogens (tertiary/aromatic N) is 5. The molecule has 102 valence electrons. The summed E-state index contributed by atoms with van der Waals surface area (Å²) in [6, 6.07) is 0.233. The molecule has 1 N–H and O–H groups in total. The van der Waals surface area contributed by atoms with Gasteiger partial charge in [-0.1, -0.05) is 6.92 Å². The summed E-state index contributed by atoms with van der Waals surface area (Å²) in [5.74, 6) is 2.67. The highest BCUT2D eigenvalue weighted by Gasteiger charge is 2.29. The van der Waals surface area contributed by atoms with E-state index in [1.165, 1.54) is 24.4 Å². The average molecular weight is 278 g/mol. The van der Waals surface area contributed by atoms with Crippen molar-refractivity contribution in [3.63, 3.8) is 0 Å². The van der Waals surface area contributed by atoms with E-state index in [0.717, 1.165) is 42.0 Å². The Labute approximate surface area is 116 Å². The molecule has 0 spiro atoms. The molecule has 1 fully saturated rings. The number of hydrogen-bond donors (Lipinski definition) is 1. The van der Waals surface area contributed by atoms with E-state index in [1.807, 2.05) is 6.92 Å². The normalized spacial score (nSPS) is 19.9. The van der Waals surface area contributed by atoms with E-state index in [-0.39, 0.29) is 6.04 Å². The van der Waals surface area contributed by atoms with E-state index in [4.69, 9.17) is 0 Å². The molecule has 0 saturated carbocycles. The third-order valence-corrected chi connectivity index (χ3v) is 4.23. The quantitative estimate of drug-likeness (QED) is 0.932. The molecule has 19 heavy (non-hydrogen) atoms. The van der Waals surface area contributed by atoms with E-state index >= 15 is 0 Å². The Bertz CT molecular complexity index is 548. The van der Waals surface area contributed by atoms with Crippen LogP contribution >= 0.6 is 11.5 Å². The van der Waals surface area contributed by atoms with E-state index in [2.05, 4.69) is 36.4 Å². The number of aromatic nitrogens is 5. The molecule has 0 aliphatic carbocycles. The van der Waals surface area contributed by atoms with Gasteiger partial charge in [0.15, 0.2) is 5.82 Å². The summed E-state index contributed by atoms with van der Waals surface area (Å²) in [6.45, 7) is 5.03. The molecule has 1 aliphatic rings. The number of nitrogens with one attached hydrogen (secondary N) is 1. The second kappa shape index (κ2) is 5.24. The molecule has 3 rings (SSSR count). The number of aromatic amines is 1. The fourth-order valence-electron chi connectivity index (χ4n) is 2.44. The fraction of sp³-hybridized carbons (Fsp3) is 0.667.